The second kappa shape index (κ2) is 11.5. The van der Waals surface area contributed by atoms with E-state index >= 15 is 0 Å². The lowest BCUT2D eigenvalue weighted by atomic mass is 10.1. The van der Waals surface area contributed by atoms with Crippen LogP contribution < -0.4 is 21.5 Å². The molecule has 1 aromatic heterocycles. The molecule has 0 N–H and O–H groups in total. The van der Waals surface area contributed by atoms with Gasteiger partial charge in [0.25, 0.3) is 0 Å². The monoisotopic (exact) mass is 444 g/mol. The van der Waals surface area contributed by atoms with Crippen molar-refractivity contribution in [3.63, 3.8) is 0 Å². The fourth-order valence-electron chi connectivity index (χ4n) is 2.63. The van der Waals surface area contributed by atoms with E-state index in [1.807, 2.05) is 36.4 Å². The number of rotatable bonds is 8. The van der Waals surface area contributed by atoms with Crippen LogP contribution in [0, 0.1) is 0 Å². The Balaban J connectivity index is 0.00000261. The van der Waals surface area contributed by atoms with Gasteiger partial charge in [-0.1, -0.05) is 65.3 Å². The molecule has 0 aliphatic rings. The number of aryl methyl sites for hydroxylation is 2. The van der Waals surface area contributed by atoms with Gasteiger partial charge in [-0.3, -0.25) is 0 Å². The maximum absolute atomic E-state index is 6.08. The van der Waals surface area contributed by atoms with Gasteiger partial charge in [-0.15, -0.1) is 0 Å². The molecule has 0 fully saturated rings. The van der Waals surface area contributed by atoms with Gasteiger partial charge < -0.3 is 21.8 Å². The maximum Gasteiger partial charge on any atom is 0.169 e. The van der Waals surface area contributed by atoms with Crippen molar-refractivity contribution in [3.8, 4) is 0 Å². The van der Waals surface area contributed by atoms with Gasteiger partial charge in [0.2, 0.25) is 0 Å². The van der Waals surface area contributed by atoms with E-state index in [1.54, 1.807) is 6.21 Å². The quantitative estimate of drug-likeness (QED) is 0.295. The maximum atomic E-state index is 6.08. The first kappa shape index (κ1) is 21.1. The molecule has 0 radical (unpaired) electrons. The number of hydrogen-bond donors (Lipinski definition) is 0. The van der Waals surface area contributed by atoms with E-state index in [4.69, 9.17) is 16.4 Å². The second-order valence-corrected chi connectivity index (χ2v) is 6.47. The van der Waals surface area contributed by atoms with Crippen LogP contribution in [0.25, 0.3) is 0 Å². The van der Waals surface area contributed by atoms with Crippen LogP contribution in [-0.4, -0.2) is 6.21 Å². The van der Waals surface area contributed by atoms with Gasteiger partial charge in [0.05, 0.1) is 6.21 Å². The average Bonchev–Trinajstić information content (AvgIpc) is 2.68. The Kier molecular flexibility index (Phi) is 9.02. The molecule has 2 aromatic carbocycles. The zero-order chi connectivity index (χ0) is 18.0. The summed E-state index contributed by atoms with van der Waals surface area (Å²) in [5, 5.41) is 4.71. The lowest BCUT2D eigenvalue weighted by molar-refractivity contribution is -0.697. The molecule has 140 valence electrons. The Labute approximate surface area is 176 Å². The molecule has 0 spiro atoms. The molecule has 3 rings (SSSR count). The topological polar surface area (TPSA) is 25.5 Å². The summed E-state index contributed by atoms with van der Waals surface area (Å²) in [6.07, 6.45) is 8.06. The van der Waals surface area contributed by atoms with E-state index in [0.717, 1.165) is 30.5 Å². The van der Waals surface area contributed by atoms with Crippen LogP contribution >= 0.6 is 11.6 Å². The zero-order valence-electron chi connectivity index (χ0n) is 15.0. The molecule has 3 nitrogen and oxygen atoms in total. The molecule has 0 saturated carbocycles. The summed E-state index contributed by atoms with van der Waals surface area (Å²) in [4.78, 5) is 5.33. The van der Waals surface area contributed by atoms with Crippen molar-refractivity contribution in [2.45, 2.75) is 26.0 Å². The molecule has 0 bridgehead atoms. The Morgan fingerprint density at radius 2 is 1.63 bits per heavy atom. The van der Waals surface area contributed by atoms with Crippen molar-refractivity contribution < 1.29 is 26.4 Å². The van der Waals surface area contributed by atoms with Crippen molar-refractivity contribution in [2.24, 2.45) is 5.16 Å². The number of hydrogen-bond acceptors (Lipinski definition) is 2. The largest absolute Gasteiger partial charge is 1.00 e. The molecule has 0 unspecified atom stereocenters. The molecule has 1 heterocycles. The van der Waals surface area contributed by atoms with Gasteiger partial charge in [-0.2, -0.15) is 0 Å². The summed E-state index contributed by atoms with van der Waals surface area (Å²) in [6, 6.07) is 22.2. The van der Waals surface area contributed by atoms with Gasteiger partial charge >= 0.3 is 0 Å². The van der Waals surface area contributed by atoms with E-state index in [-0.39, 0.29) is 17.0 Å². The lowest BCUT2D eigenvalue weighted by Gasteiger charge is -2.02. The lowest BCUT2D eigenvalue weighted by Crippen LogP contribution is -3.00. The molecule has 0 aliphatic carbocycles. The van der Waals surface area contributed by atoms with Crippen LogP contribution in [-0.2, 0) is 24.4 Å². The van der Waals surface area contributed by atoms with Gasteiger partial charge in [-0.05, 0) is 18.1 Å². The van der Waals surface area contributed by atoms with Crippen LogP contribution in [0.1, 0.15) is 23.1 Å². The number of nitrogens with zero attached hydrogens (tertiary/aromatic N) is 2. The van der Waals surface area contributed by atoms with Gasteiger partial charge in [0, 0.05) is 34.7 Å². The standard InChI is InChI=1S/C22H22ClN2O.BrH/c23-22-11-5-4-10-21(22)18-26-24-17-20-12-15-25(16-13-20)14-6-9-19-7-2-1-3-8-19;/h1-5,7-8,10-13,15-17H,6,9,14,18H2;1H/q+1;/p-1/b24-17+;. The smallest absolute Gasteiger partial charge is 0.169 e. The summed E-state index contributed by atoms with van der Waals surface area (Å²) in [5.74, 6) is 0. The highest BCUT2D eigenvalue weighted by atomic mass is 79.9. The molecule has 0 saturated heterocycles. The molecule has 0 aliphatic heterocycles. The Morgan fingerprint density at radius 1 is 0.926 bits per heavy atom. The van der Waals surface area contributed by atoms with Gasteiger partial charge in [-0.25, -0.2) is 4.57 Å². The number of oxime groups is 1. The first-order valence-electron chi connectivity index (χ1n) is 8.73. The Bertz CT molecular complexity index is 838. The summed E-state index contributed by atoms with van der Waals surface area (Å²) in [5.41, 5.74) is 3.31. The minimum Gasteiger partial charge on any atom is -1.00 e. The average molecular weight is 446 g/mol. The molecular weight excluding hydrogens is 424 g/mol. The van der Waals surface area contributed by atoms with Crippen LogP contribution in [0.2, 0.25) is 5.02 Å². The van der Waals surface area contributed by atoms with Crippen LogP contribution in [0.5, 0.6) is 0 Å². The fourth-order valence-corrected chi connectivity index (χ4v) is 2.83. The molecule has 5 heteroatoms. The molecular formula is C22H22BrClN2O. The zero-order valence-corrected chi connectivity index (χ0v) is 17.3. The molecule has 0 atom stereocenters. The van der Waals surface area contributed by atoms with Crippen LogP contribution in [0.15, 0.2) is 84.3 Å². The van der Waals surface area contributed by atoms with Crippen molar-refractivity contribution in [1.82, 2.24) is 0 Å². The molecule has 0 amide bonds. The van der Waals surface area contributed by atoms with Gasteiger partial charge in [0.1, 0.15) is 13.2 Å². The third kappa shape index (κ3) is 7.16. The fraction of sp³-hybridized carbons (Fsp3) is 0.182. The normalized spacial score (nSPS) is 10.6. The highest BCUT2D eigenvalue weighted by molar-refractivity contribution is 6.31. The third-order valence-electron chi connectivity index (χ3n) is 4.10. The highest BCUT2D eigenvalue weighted by Crippen LogP contribution is 2.15. The van der Waals surface area contributed by atoms with E-state index < -0.39 is 0 Å². The van der Waals surface area contributed by atoms with E-state index in [2.05, 4.69) is 52.4 Å². The van der Waals surface area contributed by atoms with Crippen molar-refractivity contribution >= 4 is 17.8 Å². The predicted molar refractivity (Wildman–Crippen MR) is 105 cm³/mol. The highest BCUT2D eigenvalue weighted by Gasteiger charge is 2.01. The van der Waals surface area contributed by atoms with Crippen molar-refractivity contribution in [3.05, 3.63) is 101 Å². The summed E-state index contributed by atoms with van der Waals surface area (Å²) >= 11 is 6.08. The SMILES string of the molecule is Clc1ccccc1CO/N=C/c1cc[n+](CCCc2ccccc2)cc1.[Br-]. The second-order valence-electron chi connectivity index (χ2n) is 6.06. The number of halogens is 2. The van der Waals surface area contributed by atoms with Crippen molar-refractivity contribution in [1.29, 1.82) is 0 Å². The third-order valence-corrected chi connectivity index (χ3v) is 4.46. The van der Waals surface area contributed by atoms with Gasteiger partial charge in [0.15, 0.2) is 12.4 Å². The predicted octanol–water partition coefficient (Wildman–Crippen LogP) is 1.81. The minimum absolute atomic E-state index is 0. The van der Waals surface area contributed by atoms with Crippen LogP contribution in [0.3, 0.4) is 0 Å². The molecule has 3 aromatic rings. The van der Waals surface area contributed by atoms with Crippen molar-refractivity contribution in [2.75, 3.05) is 0 Å². The summed E-state index contributed by atoms with van der Waals surface area (Å²) in [6.45, 7) is 1.36. The first-order valence-corrected chi connectivity index (χ1v) is 9.11. The summed E-state index contributed by atoms with van der Waals surface area (Å²) < 4.78 is 2.19. The van der Waals surface area contributed by atoms with E-state index in [1.165, 1.54) is 5.56 Å². The molecule has 27 heavy (non-hydrogen) atoms. The summed E-state index contributed by atoms with van der Waals surface area (Å²) in [7, 11) is 0. The number of pyridine rings is 1. The number of aromatic nitrogens is 1. The van der Waals surface area contributed by atoms with E-state index in [9.17, 15) is 0 Å². The Hall–Kier alpha value is -2.17. The Morgan fingerprint density at radius 3 is 2.37 bits per heavy atom. The van der Waals surface area contributed by atoms with E-state index in [0.29, 0.717) is 11.6 Å². The van der Waals surface area contributed by atoms with Crippen LogP contribution in [0.4, 0.5) is 0 Å². The number of benzene rings is 2. The first-order chi connectivity index (χ1) is 12.8. The minimum atomic E-state index is 0.